The van der Waals surface area contributed by atoms with Crippen LogP contribution in [0.15, 0.2) is 30.3 Å². The predicted octanol–water partition coefficient (Wildman–Crippen LogP) is 3.17. The molecular formula is C14H22BrNO. The van der Waals surface area contributed by atoms with Crippen LogP contribution in [-0.4, -0.2) is 37.0 Å². The van der Waals surface area contributed by atoms with Gasteiger partial charge in [0.2, 0.25) is 0 Å². The fourth-order valence-corrected chi connectivity index (χ4v) is 1.86. The summed E-state index contributed by atoms with van der Waals surface area (Å²) in [4.78, 5) is 2.32. The van der Waals surface area contributed by atoms with E-state index in [2.05, 4.69) is 46.9 Å². The van der Waals surface area contributed by atoms with Crippen LogP contribution >= 0.6 is 15.9 Å². The Morgan fingerprint density at radius 2 is 2.00 bits per heavy atom. The summed E-state index contributed by atoms with van der Waals surface area (Å²) in [6.07, 6.45) is 0. The van der Waals surface area contributed by atoms with Gasteiger partial charge in [0, 0.05) is 18.4 Å². The molecule has 0 amide bonds. The summed E-state index contributed by atoms with van der Waals surface area (Å²) in [5.41, 5.74) is 1.24. The van der Waals surface area contributed by atoms with Crippen molar-refractivity contribution >= 4 is 15.9 Å². The van der Waals surface area contributed by atoms with E-state index in [-0.39, 0.29) is 0 Å². The van der Waals surface area contributed by atoms with Gasteiger partial charge in [-0.15, -0.1) is 0 Å². The van der Waals surface area contributed by atoms with Gasteiger partial charge in [0.05, 0.1) is 13.2 Å². The van der Waals surface area contributed by atoms with E-state index < -0.39 is 0 Å². The predicted molar refractivity (Wildman–Crippen MR) is 76.6 cm³/mol. The van der Waals surface area contributed by atoms with Gasteiger partial charge in [-0.2, -0.15) is 0 Å². The maximum absolute atomic E-state index is 5.65. The first-order chi connectivity index (χ1) is 8.22. The average Bonchev–Trinajstić information content (AvgIpc) is 2.36. The number of likely N-dealkylation sites (N-methyl/N-ethyl adjacent to an activating group) is 1. The van der Waals surface area contributed by atoms with Gasteiger partial charge in [0.15, 0.2) is 0 Å². The molecule has 0 radical (unpaired) electrons. The zero-order chi connectivity index (χ0) is 12.5. The van der Waals surface area contributed by atoms with Crippen molar-refractivity contribution in [2.75, 3.05) is 32.1 Å². The van der Waals surface area contributed by atoms with E-state index in [1.54, 1.807) is 0 Å². The number of alkyl halides is 1. The molecule has 0 bridgehead atoms. The highest BCUT2D eigenvalue weighted by Gasteiger charge is 2.04. The summed E-state index contributed by atoms with van der Waals surface area (Å²) in [7, 11) is 2.14. The molecule has 1 rings (SSSR count). The zero-order valence-corrected chi connectivity index (χ0v) is 12.3. The van der Waals surface area contributed by atoms with Gasteiger partial charge < -0.3 is 9.64 Å². The lowest BCUT2D eigenvalue weighted by Crippen LogP contribution is -2.28. The molecule has 0 saturated heterocycles. The molecule has 0 aliphatic heterocycles. The zero-order valence-electron chi connectivity index (χ0n) is 10.7. The van der Waals surface area contributed by atoms with Crippen molar-refractivity contribution in [1.29, 1.82) is 0 Å². The molecule has 0 N–H and O–H groups in total. The molecule has 0 saturated carbocycles. The topological polar surface area (TPSA) is 12.5 Å². The normalized spacial score (nSPS) is 12.9. The van der Waals surface area contributed by atoms with Crippen LogP contribution in [0.3, 0.4) is 0 Å². The molecule has 17 heavy (non-hydrogen) atoms. The van der Waals surface area contributed by atoms with Crippen molar-refractivity contribution in [2.24, 2.45) is 5.92 Å². The van der Waals surface area contributed by atoms with Crippen LogP contribution in [0, 0.1) is 5.92 Å². The van der Waals surface area contributed by atoms with Crippen LogP contribution in [0.2, 0.25) is 0 Å². The molecule has 0 aliphatic rings. The number of benzene rings is 1. The first kappa shape index (κ1) is 14.7. The minimum Gasteiger partial charge on any atom is -0.375 e. The highest BCUT2D eigenvalue weighted by atomic mass is 79.9. The Morgan fingerprint density at radius 1 is 1.29 bits per heavy atom. The summed E-state index contributed by atoms with van der Waals surface area (Å²) in [6.45, 7) is 5.85. The summed E-state index contributed by atoms with van der Waals surface area (Å²) in [5, 5.41) is 1.06. The lowest BCUT2D eigenvalue weighted by Gasteiger charge is -2.19. The SMILES string of the molecule is CC(CBr)CN(C)CCOCc1ccccc1. The lowest BCUT2D eigenvalue weighted by molar-refractivity contribution is 0.0970. The molecule has 3 heteroatoms. The first-order valence-electron chi connectivity index (χ1n) is 6.08. The van der Waals surface area contributed by atoms with Crippen LogP contribution in [0.25, 0.3) is 0 Å². The van der Waals surface area contributed by atoms with Crippen molar-refractivity contribution in [2.45, 2.75) is 13.5 Å². The quantitative estimate of drug-likeness (QED) is 0.540. The van der Waals surface area contributed by atoms with Crippen molar-refractivity contribution in [3.8, 4) is 0 Å². The number of ether oxygens (including phenoxy) is 1. The van der Waals surface area contributed by atoms with Crippen LogP contribution in [0.4, 0.5) is 0 Å². The van der Waals surface area contributed by atoms with Crippen LogP contribution < -0.4 is 0 Å². The molecule has 1 aromatic carbocycles. The van der Waals surface area contributed by atoms with E-state index in [0.29, 0.717) is 12.5 Å². The van der Waals surface area contributed by atoms with Crippen molar-refractivity contribution < 1.29 is 4.74 Å². The van der Waals surface area contributed by atoms with E-state index in [1.807, 2.05) is 18.2 Å². The largest absolute Gasteiger partial charge is 0.375 e. The van der Waals surface area contributed by atoms with E-state index in [1.165, 1.54) is 5.56 Å². The van der Waals surface area contributed by atoms with E-state index >= 15 is 0 Å². The third kappa shape index (κ3) is 6.81. The molecule has 1 unspecified atom stereocenters. The summed E-state index contributed by atoms with van der Waals surface area (Å²) in [5.74, 6) is 0.689. The van der Waals surface area contributed by atoms with Crippen molar-refractivity contribution in [3.63, 3.8) is 0 Å². The average molecular weight is 300 g/mol. The van der Waals surface area contributed by atoms with Gasteiger partial charge in [0.1, 0.15) is 0 Å². The second kappa shape index (κ2) is 8.67. The maximum atomic E-state index is 5.65. The minimum atomic E-state index is 0.689. The number of halogens is 1. The van der Waals surface area contributed by atoms with Gasteiger partial charge in [-0.3, -0.25) is 0 Å². The number of hydrogen-bond donors (Lipinski definition) is 0. The Balaban J connectivity index is 2.08. The van der Waals surface area contributed by atoms with E-state index in [0.717, 1.165) is 25.0 Å². The van der Waals surface area contributed by atoms with Gasteiger partial charge in [-0.05, 0) is 18.5 Å². The molecule has 2 nitrogen and oxygen atoms in total. The lowest BCUT2D eigenvalue weighted by atomic mass is 10.2. The van der Waals surface area contributed by atoms with Crippen LogP contribution in [-0.2, 0) is 11.3 Å². The monoisotopic (exact) mass is 299 g/mol. The highest BCUT2D eigenvalue weighted by molar-refractivity contribution is 9.09. The molecule has 1 atom stereocenters. The van der Waals surface area contributed by atoms with Gasteiger partial charge in [-0.25, -0.2) is 0 Å². The van der Waals surface area contributed by atoms with Gasteiger partial charge >= 0.3 is 0 Å². The summed E-state index contributed by atoms with van der Waals surface area (Å²) in [6, 6.07) is 10.3. The Bertz CT molecular complexity index is 292. The highest BCUT2D eigenvalue weighted by Crippen LogP contribution is 2.03. The molecule has 1 aromatic rings. The van der Waals surface area contributed by atoms with Crippen molar-refractivity contribution in [3.05, 3.63) is 35.9 Å². The smallest absolute Gasteiger partial charge is 0.0717 e. The summed E-state index contributed by atoms with van der Waals surface area (Å²) >= 11 is 3.50. The number of nitrogens with zero attached hydrogens (tertiary/aromatic N) is 1. The second-order valence-electron chi connectivity index (χ2n) is 4.56. The molecule has 0 heterocycles. The van der Waals surface area contributed by atoms with E-state index in [9.17, 15) is 0 Å². The molecule has 0 fully saturated rings. The Hall–Kier alpha value is -0.380. The molecular weight excluding hydrogens is 278 g/mol. The third-order valence-electron chi connectivity index (χ3n) is 2.62. The minimum absolute atomic E-state index is 0.689. The van der Waals surface area contributed by atoms with Crippen LogP contribution in [0.5, 0.6) is 0 Å². The molecule has 96 valence electrons. The van der Waals surface area contributed by atoms with Gasteiger partial charge in [0.25, 0.3) is 0 Å². The van der Waals surface area contributed by atoms with Gasteiger partial charge in [-0.1, -0.05) is 53.2 Å². The second-order valence-corrected chi connectivity index (χ2v) is 5.21. The fourth-order valence-electron chi connectivity index (χ4n) is 1.66. The Labute approximate surface area is 113 Å². The van der Waals surface area contributed by atoms with Crippen LogP contribution in [0.1, 0.15) is 12.5 Å². The summed E-state index contributed by atoms with van der Waals surface area (Å²) < 4.78 is 5.65. The molecule has 0 aliphatic carbocycles. The van der Waals surface area contributed by atoms with Crippen molar-refractivity contribution in [1.82, 2.24) is 4.90 Å². The maximum Gasteiger partial charge on any atom is 0.0717 e. The first-order valence-corrected chi connectivity index (χ1v) is 7.20. The standard InChI is InChI=1S/C14H22BrNO/c1-13(10-15)11-16(2)8-9-17-12-14-6-4-3-5-7-14/h3-7,13H,8-12H2,1-2H3. The Kier molecular flexibility index (Phi) is 7.49. The number of hydrogen-bond acceptors (Lipinski definition) is 2. The third-order valence-corrected chi connectivity index (χ3v) is 3.72. The molecule has 0 aromatic heterocycles. The molecule has 0 spiro atoms. The Morgan fingerprint density at radius 3 is 2.65 bits per heavy atom. The fraction of sp³-hybridized carbons (Fsp3) is 0.571. The number of rotatable bonds is 8. The van der Waals surface area contributed by atoms with E-state index in [4.69, 9.17) is 4.74 Å².